The Hall–Kier alpha value is -1.91. The number of rotatable bonds is 5. The van der Waals surface area contributed by atoms with E-state index in [1.807, 2.05) is 6.92 Å². The maximum atomic E-state index is 11.9. The molecule has 1 amide bonds. The second-order valence-corrected chi connectivity index (χ2v) is 4.18. The summed E-state index contributed by atoms with van der Waals surface area (Å²) in [4.78, 5) is 26.4. The van der Waals surface area contributed by atoms with Crippen molar-refractivity contribution in [2.45, 2.75) is 32.2 Å². The van der Waals surface area contributed by atoms with Gasteiger partial charge in [0.2, 0.25) is 0 Å². The van der Waals surface area contributed by atoms with Crippen molar-refractivity contribution >= 4 is 11.9 Å². The minimum atomic E-state index is -0.930. The van der Waals surface area contributed by atoms with Gasteiger partial charge in [0.05, 0.1) is 12.0 Å². The fraction of sp³-hybridized carbons (Fsp3) is 0.417. The molecule has 0 radical (unpaired) electrons. The van der Waals surface area contributed by atoms with Gasteiger partial charge in [-0.1, -0.05) is 6.92 Å². The number of hydrogen-bond acceptors (Lipinski definition) is 3. The Morgan fingerprint density at radius 1 is 1.53 bits per heavy atom. The molecule has 0 aliphatic rings. The molecule has 0 spiro atoms. The molecule has 5 nitrogen and oxygen atoms in total. The van der Waals surface area contributed by atoms with E-state index < -0.39 is 11.5 Å². The van der Waals surface area contributed by atoms with Crippen molar-refractivity contribution in [1.29, 1.82) is 0 Å². The van der Waals surface area contributed by atoms with E-state index in [2.05, 4.69) is 10.3 Å². The van der Waals surface area contributed by atoms with Crippen LogP contribution in [0.4, 0.5) is 0 Å². The standard InChI is InChI=1S/C12H16N2O3/c1-3-12(2,7-10(15)16)14-11(17)9-5-4-6-13-8-9/h4-6,8H,3,7H2,1-2H3,(H,14,17)(H,15,16)/t12-/m0/s1. The van der Waals surface area contributed by atoms with Gasteiger partial charge in [-0.05, 0) is 25.5 Å². The van der Waals surface area contributed by atoms with Crippen molar-refractivity contribution in [2.75, 3.05) is 0 Å². The Morgan fingerprint density at radius 2 is 2.24 bits per heavy atom. The van der Waals surface area contributed by atoms with Gasteiger partial charge in [0.25, 0.3) is 5.91 Å². The highest BCUT2D eigenvalue weighted by Crippen LogP contribution is 2.15. The average Bonchev–Trinajstić information content (AvgIpc) is 2.29. The molecule has 0 saturated carbocycles. The van der Waals surface area contributed by atoms with E-state index in [9.17, 15) is 9.59 Å². The largest absolute Gasteiger partial charge is 0.481 e. The Bertz CT molecular complexity index is 405. The second-order valence-electron chi connectivity index (χ2n) is 4.18. The predicted molar refractivity (Wildman–Crippen MR) is 62.7 cm³/mol. The molecule has 2 N–H and O–H groups in total. The van der Waals surface area contributed by atoms with E-state index in [1.54, 1.807) is 25.3 Å². The van der Waals surface area contributed by atoms with Crippen molar-refractivity contribution in [2.24, 2.45) is 0 Å². The number of aliphatic carboxylic acids is 1. The van der Waals surface area contributed by atoms with Gasteiger partial charge in [0.1, 0.15) is 0 Å². The molecule has 1 aromatic rings. The van der Waals surface area contributed by atoms with E-state index >= 15 is 0 Å². The third-order valence-electron chi connectivity index (χ3n) is 2.66. The van der Waals surface area contributed by atoms with Crippen molar-refractivity contribution in [1.82, 2.24) is 10.3 Å². The van der Waals surface area contributed by atoms with E-state index in [4.69, 9.17) is 5.11 Å². The number of aromatic nitrogens is 1. The summed E-state index contributed by atoms with van der Waals surface area (Å²) in [6, 6.07) is 3.30. The highest BCUT2D eigenvalue weighted by Gasteiger charge is 2.27. The van der Waals surface area contributed by atoms with E-state index in [0.717, 1.165) is 0 Å². The zero-order valence-corrected chi connectivity index (χ0v) is 9.93. The number of carboxylic acid groups (broad SMARTS) is 1. The average molecular weight is 236 g/mol. The minimum absolute atomic E-state index is 0.102. The van der Waals surface area contributed by atoms with Crippen LogP contribution in [0.3, 0.4) is 0 Å². The normalized spacial score (nSPS) is 13.8. The zero-order valence-electron chi connectivity index (χ0n) is 9.93. The Morgan fingerprint density at radius 3 is 2.71 bits per heavy atom. The van der Waals surface area contributed by atoms with E-state index in [-0.39, 0.29) is 12.3 Å². The first-order chi connectivity index (χ1) is 7.97. The topological polar surface area (TPSA) is 79.3 Å². The summed E-state index contributed by atoms with van der Waals surface area (Å²) in [7, 11) is 0. The number of amides is 1. The zero-order chi connectivity index (χ0) is 12.9. The molecular weight excluding hydrogens is 220 g/mol. The Labute approximate surface area is 99.9 Å². The molecular formula is C12H16N2O3. The second kappa shape index (κ2) is 5.43. The lowest BCUT2D eigenvalue weighted by Crippen LogP contribution is -2.47. The van der Waals surface area contributed by atoms with Crippen LogP contribution in [-0.4, -0.2) is 27.5 Å². The monoisotopic (exact) mass is 236 g/mol. The lowest BCUT2D eigenvalue weighted by Gasteiger charge is -2.27. The summed E-state index contributed by atoms with van der Waals surface area (Å²) >= 11 is 0. The van der Waals surface area contributed by atoms with Crippen LogP contribution < -0.4 is 5.32 Å². The summed E-state index contributed by atoms with van der Waals surface area (Å²) in [5.41, 5.74) is -0.309. The number of carbonyl (C=O) groups is 2. The SMILES string of the molecule is CC[C@@](C)(CC(=O)O)NC(=O)c1cccnc1. The Kier molecular flexibility index (Phi) is 4.20. The molecule has 0 bridgehead atoms. The molecule has 17 heavy (non-hydrogen) atoms. The molecule has 0 fully saturated rings. The van der Waals surface area contributed by atoms with E-state index in [0.29, 0.717) is 12.0 Å². The van der Waals surface area contributed by atoms with Crippen LogP contribution in [0.25, 0.3) is 0 Å². The smallest absolute Gasteiger partial charge is 0.305 e. The maximum absolute atomic E-state index is 11.9. The van der Waals surface area contributed by atoms with Crippen LogP contribution >= 0.6 is 0 Å². The lowest BCUT2D eigenvalue weighted by atomic mass is 9.94. The van der Waals surface area contributed by atoms with Crippen LogP contribution in [0.15, 0.2) is 24.5 Å². The number of carbonyl (C=O) groups excluding carboxylic acids is 1. The van der Waals surface area contributed by atoms with Crippen molar-refractivity contribution < 1.29 is 14.7 Å². The first kappa shape index (κ1) is 13.2. The van der Waals surface area contributed by atoms with Gasteiger partial charge in [0.15, 0.2) is 0 Å². The molecule has 5 heteroatoms. The molecule has 1 aromatic heterocycles. The van der Waals surface area contributed by atoms with Crippen molar-refractivity contribution in [3.05, 3.63) is 30.1 Å². The molecule has 0 aliphatic carbocycles. The van der Waals surface area contributed by atoms with Crippen LogP contribution in [0.2, 0.25) is 0 Å². The predicted octanol–water partition coefficient (Wildman–Crippen LogP) is 1.45. The van der Waals surface area contributed by atoms with E-state index in [1.165, 1.54) is 6.20 Å². The van der Waals surface area contributed by atoms with Crippen LogP contribution in [0.1, 0.15) is 37.0 Å². The number of hydrogen-bond donors (Lipinski definition) is 2. The van der Waals surface area contributed by atoms with Crippen LogP contribution in [0.5, 0.6) is 0 Å². The first-order valence-corrected chi connectivity index (χ1v) is 5.41. The van der Waals surface area contributed by atoms with Gasteiger partial charge in [-0.2, -0.15) is 0 Å². The number of carboxylic acids is 1. The fourth-order valence-corrected chi connectivity index (χ4v) is 1.43. The molecule has 1 rings (SSSR count). The van der Waals surface area contributed by atoms with Crippen LogP contribution in [-0.2, 0) is 4.79 Å². The molecule has 0 unspecified atom stereocenters. The summed E-state index contributed by atoms with van der Waals surface area (Å²) in [5, 5.41) is 11.5. The summed E-state index contributed by atoms with van der Waals surface area (Å²) in [6.07, 6.45) is 3.47. The number of nitrogens with one attached hydrogen (secondary N) is 1. The van der Waals surface area contributed by atoms with Gasteiger partial charge in [-0.3, -0.25) is 14.6 Å². The lowest BCUT2D eigenvalue weighted by molar-refractivity contribution is -0.138. The Balaban J connectivity index is 2.75. The maximum Gasteiger partial charge on any atom is 0.305 e. The summed E-state index contributed by atoms with van der Waals surface area (Å²) in [5.74, 6) is -1.23. The summed E-state index contributed by atoms with van der Waals surface area (Å²) < 4.78 is 0. The third kappa shape index (κ3) is 3.86. The first-order valence-electron chi connectivity index (χ1n) is 5.41. The molecule has 0 aliphatic heterocycles. The quantitative estimate of drug-likeness (QED) is 0.811. The molecule has 0 saturated heterocycles. The fourth-order valence-electron chi connectivity index (χ4n) is 1.43. The molecule has 92 valence electrons. The van der Waals surface area contributed by atoms with Crippen molar-refractivity contribution in [3.63, 3.8) is 0 Å². The highest BCUT2D eigenvalue weighted by molar-refractivity contribution is 5.94. The van der Waals surface area contributed by atoms with Crippen molar-refractivity contribution in [3.8, 4) is 0 Å². The summed E-state index contributed by atoms with van der Waals surface area (Å²) in [6.45, 7) is 3.56. The van der Waals surface area contributed by atoms with Gasteiger partial charge >= 0.3 is 5.97 Å². The number of pyridine rings is 1. The van der Waals surface area contributed by atoms with Gasteiger partial charge in [-0.25, -0.2) is 0 Å². The number of nitrogens with zero attached hydrogens (tertiary/aromatic N) is 1. The van der Waals surface area contributed by atoms with Gasteiger partial charge in [0, 0.05) is 17.9 Å². The minimum Gasteiger partial charge on any atom is -0.481 e. The highest BCUT2D eigenvalue weighted by atomic mass is 16.4. The van der Waals surface area contributed by atoms with Gasteiger partial charge in [-0.15, -0.1) is 0 Å². The third-order valence-corrected chi connectivity index (χ3v) is 2.66. The van der Waals surface area contributed by atoms with Gasteiger partial charge < -0.3 is 10.4 Å². The molecule has 1 atom stereocenters. The van der Waals surface area contributed by atoms with Crippen LogP contribution in [0, 0.1) is 0 Å². The molecule has 0 aromatic carbocycles. The molecule has 1 heterocycles.